The monoisotopic (exact) mass is 260 g/mol. The van der Waals surface area contributed by atoms with Crippen molar-refractivity contribution in [2.75, 3.05) is 0 Å². The second kappa shape index (κ2) is 7.28. The van der Waals surface area contributed by atoms with E-state index >= 15 is 0 Å². The van der Waals surface area contributed by atoms with Gasteiger partial charge in [-0.25, -0.2) is 18.7 Å². The number of alkyl halides is 2. The molecule has 0 bridgehead atoms. The first-order valence-corrected chi connectivity index (χ1v) is 4.79. The number of aliphatic hydroxyl groups excluding tert-OH is 1. The first kappa shape index (κ1) is 14.0. The molecule has 1 N–H and O–H groups in total. The summed E-state index contributed by atoms with van der Waals surface area (Å²) in [5.41, 5.74) is 0.491. The summed E-state index contributed by atoms with van der Waals surface area (Å²) in [6.07, 6.45) is 2.85. The Labute approximate surface area is 100 Å². The van der Waals surface area contributed by atoms with Gasteiger partial charge in [0.15, 0.2) is 19.6 Å². The molecule has 2 aromatic heterocycles. The van der Waals surface area contributed by atoms with E-state index in [9.17, 15) is 13.6 Å². The highest BCUT2D eigenvalue weighted by molar-refractivity contribution is 5.70. The fraction of sp³-hybridized carbons (Fsp3) is 0.300. The van der Waals surface area contributed by atoms with Crippen molar-refractivity contribution >= 4 is 6.29 Å². The van der Waals surface area contributed by atoms with Gasteiger partial charge in [0.1, 0.15) is 23.9 Å². The molecule has 0 spiro atoms. The van der Waals surface area contributed by atoms with Gasteiger partial charge >= 0.3 is 0 Å². The number of rotatable bonds is 4. The average Bonchev–Trinajstić information content (AvgIpc) is 3.07. The van der Waals surface area contributed by atoms with E-state index in [0.29, 0.717) is 12.0 Å². The van der Waals surface area contributed by atoms with E-state index < -0.39 is 13.3 Å². The van der Waals surface area contributed by atoms with Crippen LogP contribution in [0.1, 0.15) is 28.0 Å². The predicted octanol–water partition coefficient (Wildman–Crippen LogP) is 1.59. The SMILES string of the molecule is O=Cc1coc(CF)n1.OCc1coc(CF)n1. The number of carbonyl (C=O) groups is 1. The van der Waals surface area contributed by atoms with Gasteiger partial charge in [0.05, 0.1) is 6.61 Å². The summed E-state index contributed by atoms with van der Waals surface area (Å²) >= 11 is 0. The molecule has 18 heavy (non-hydrogen) atoms. The summed E-state index contributed by atoms with van der Waals surface area (Å²) in [7, 11) is 0. The number of nitrogens with zero attached hydrogens (tertiary/aromatic N) is 2. The lowest BCUT2D eigenvalue weighted by atomic mass is 10.5. The van der Waals surface area contributed by atoms with Crippen LogP contribution in [0.2, 0.25) is 0 Å². The Bertz CT molecular complexity index is 465. The molecular formula is C10H10F2N2O4. The summed E-state index contributed by atoms with van der Waals surface area (Å²) in [6, 6.07) is 0. The van der Waals surface area contributed by atoms with Crippen LogP contribution in [0.3, 0.4) is 0 Å². The summed E-state index contributed by atoms with van der Waals surface area (Å²) in [4.78, 5) is 16.9. The number of oxazole rings is 2. The lowest BCUT2D eigenvalue weighted by Gasteiger charge is -1.78. The average molecular weight is 260 g/mol. The molecule has 0 saturated heterocycles. The summed E-state index contributed by atoms with van der Waals surface area (Å²) < 4.78 is 32.3. The summed E-state index contributed by atoms with van der Waals surface area (Å²) in [5.74, 6) is -0.0452. The minimum absolute atomic E-state index is 0.0130. The Kier molecular flexibility index (Phi) is 5.65. The molecule has 98 valence electrons. The van der Waals surface area contributed by atoms with Crippen LogP contribution in [0.4, 0.5) is 8.78 Å². The molecule has 2 heterocycles. The quantitative estimate of drug-likeness (QED) is 0.839. The van der Waals surface area contributed by atoms with Gasteiger partial charge in [-0.1, -0.05) is 0 Å². The lowest BCUT2D eigenvalue weighted by molar-refractivity contribution is 0.111. The number of aliphatic hydroxyl groups is 1. The van der Waals surface area contributed by atoms with Crippen LogP contribution < -0.4 is 0 Å². The molecule has 8 heteroatoms. The third kappa shape index (κ3) is 4.06. The standard InChI is InChI=1S/C5H6FNO2.C5H4FNO2/c2*6-1-5-7-4(2-8)3-9-5/h3,8H,1-2H2;2-3H,1H2. The summed E-state index contributed by atoms with van der Waals surface area (Å²) in [6.45, 7) is -1.70. The van der Waals surface area contributed by atoms with E-state index in [1.807, 2.05) is 0 Å². The number of hydrogen-bond donors (Lipinski definition) is 1. The molecule has 0 aliphatic carbocycles. The smallest absolute Gasteiger partial charge is 0.226 e. The highest BCUT2D eigenvalue weighted by Crippen LogP contribution is 2.02. The normalized spacial score (nSPS) is 9.72. The first-order chi connectivity index (χ1) is 8.73. The highest BCUT2D eigenvalue weighted by atomic mass is 19.1. The largest absolute Gasteiger partial charge is 0.446 e. The van der Waals surface area contributed by atoms with Crippen molar-refractivity contribution < 1.29 is 27.5 Å². The zero-order valence-electron chi connectivity index (χ0n) is 9.18. The minimum atomic E-state index is -0.770. The molecule has 0 amide bonds. The Hall–Kier alpha value is -2.09. The van der Waals surface area contributed by atoms with E-state index in [1.165, 1.54) is 6.26 Å². The van der Waals surface area contributed by atoms with Crippen molar-refractivity contribution in [1.82, 2.24) is 9.97 Å². The van der Waals surface area contributed by atoms with Gasteiger partial charge in [0.2, 0.25) is 11.8 Å². The van der Waals surface area contributed by atoms with E-state index in [1.54, 1.807) is 0 Å². The Morgan fingerprint density at radius 3 is 2.11 bits per heavy atom. The highest BCUT2D eigenvalue weighted by Gasteiger charge is 2.00. The summed E-state index contributed by atoms with van der Waals surface area (Å²) in [5, 5.41) is 8.40. The molecule has 0 atom stereocenters. The molecule has 0 aromatic carbocycles. The molecule has 0 saturated carbocycles. The van der Waals surface area contributed by atoms with Crippen LogP contribution in [-0.4, -0.2) is 21.4 Å². The van der Waals surface area contributed by atoms with Crippen LogP contribution in [0.5, 0.6) is 0 Å². The fourth-order valence-electron chi connectivity index (χ4n) is 0.924. The zero-order valence-corrected chi connectivity index (χ0v) is 9.18. The molecule has 6 nitrogen and oxygen atoms in total. The maximum absolute atomic E-state index is 11.6. The number of aldehydes is 1. The third-order valence-corrected chi connectivity index (χ3v) is 1.68. The van der Waals surface area contributed by atoms with Crippen molar-refractivity contribution in [3.8, 4) is 0 Å². The van der Waals surface area contributed by atoms with E-state index in [2.05, 4.69) is 18.8 Å². The van der Waals surface area contributed by atoms with Gasteiger partial charge < -0.3 is 13.9 Å². The second-order valence-electron chi connectivity index (χ2n) is 2.94. The maximum atomic E-state index is 11.6. The molecule has 0 radical (unpaired) electrons. The van der Waals surface area contributed by atoms with Crippen LogP contribution in [0.25, 0.3) is 0 Å². The number of hydrogen-bond acceptors (Lipinski definition) is 6. The fourth-order valence-corrected chi connectivity index (χ4v) is 0.924. The second-order valence-corrected chi connectivity index (χ2v) is 2.94. The van der Waals surface area contributed by atoms with Crippen LogP contribution in [-0.2, 0) is 20.0 Å². The van der Waals surface area contributed by atoms with Crippen molar-refractivity contribution in [3.63, 3.8) is 0 Å². The molecule has 2 aromatic rings. The van der Waals surface area contributed by atoms with Gasteiger partial charge in [0.25, 0.3) is 0 Å². The molecule has 0 unspecified atom stereocenters. The topological polar surface area (TPSA) is 89.4 Å². The Morgan fingerprint density at radius 2 is 1.78 bits per heavy atom. The van der Waals surface area contributed by atoms with Crippen LogP contribution in [0.15, 0.2) is 21.4 Å². The van der Waals surface area contributed by atoms with Crippen molar-refractivity contribution in [1.29, 1.82) is 0 Å². The van der Waals surface area contributed by atoms with Gasteiger partial charge in [-0.2, -0.15) is 0 Å². The minimum Gasteiger partial charge on any atom is -0.446 e. The van der Waals surface area contributed by atoms with Gasteiger partial charge in [-0.3, -0.25) is 4.79 Å². The maximum Gasteiger partial charge on any atom is 0.226 e. The van der Waals surface area contributed by atoms with E-state index in [4.69, 9.17) is 5.11 Å². The van der Waals surface area contributed by atoms with Crippen LogP contribution >= 0.6 is 0 Å². The third-order valence-electron chi connectivity index (χ3n) is 1.68. The van der Waals surface area contributed by atoms with Crippen molar-refractivity contribution in [2.24, 2.45) is 0 Å². The van der Waals surface area contributed by atoms with Gasteiger partial charge in [-0.05, 0) is 0 Å². The van der Waals surface area contributed by atoms with Crippen molar-refractivity contribution in [3.05, 3.63) is 35.7 Å². The van der Waals surface area contributed by atoms with E-state index in [0.717, 1.165) is 6.26 Å². The van der Waals surface area contributed by atoms with Gasteiger partial charge in [-0.15, -0.1) is 0 Å². The number of aromatic nitrogens is 2. The number of halogens is 2. The molecule has 2 rings (SSSR count). The molecule has 0 fully saturated rings. The predicted molar refractivity (Wildman–Crippen MR) is 53.9 cm³/mol. The number of carbonyl (C=O) groups excluding carboxylic acids is 1. The lowest BCUT2D eigenvalue weighted by Crippen LogP contribution is -1.82. The van der Waals surface area contributed by atoms with Crippen molar-refractivity contribution in [2.45, 2.75) is 20.0 Å². The Balaban J connectivity index is 0.000000180. The van der Waals surface area contributed by atoms with Gasteiger partial charge in [0, 0.05) is 0 Å². The Morgan fingerprint density at radius 1 is 1.17 bits per heavy atom. The first-order valence-electron chi connectivity index (χ1n) is 4.79. The van der Waals surface area contributed by atoms with E-state index in [-0.39, 0.29) is 24.1 Å². The zero-order chi connectivity index (χ0) is 13.4. The molecule has 0 aliphatic rings. The van der Waals surface area contributed by atoms with Crippen LogP contribution in [0, 0.1) is 0 Å². The molecule has 0 aliphatic heterocycles. The molecular weight excluding hydrogens is 250 g/mol.